The summed E-state index contributed by atoms with van der Waals surface area (Å²) in [6.07, 6.45) is 3.90. The molecule has 0 radical (unpaired) electrons. The summed E-state index contributed by atoms with van der Waals surface area (Å²) in [5, 5.41) is 12.0. The predicted octanol–water partition coefficient (Wildman–Crippen LogP) is 6.18. The summed E-state index contributed by atoms with van der Waals surface area (Å²) in [5.41, 5.74) is 1.78. The molecule has 0 saturated carbocycles. The quantitative estimate of drug-likeness (QED) is 0.229. The van der Waals surface area contributed by atoms with Gasteiger partial charge in [0.25, 0.3) is 5.91 Å². The Balaban J connectivity index is 1.31. The van der Waals surface area contributed by atoms with Crippen LogP contribution in [0.4, 0.5) is 16.2 Å². The Bertz CT molecular complexity index is 1250. The average molecular weight is 547 g/mol. The van der Waals surface area contributed by atoms with Crippen molar-refractivity contribution in [2.45, 2.75) is 51.7 Å². The van der Waals surface area contributed by atoms with Gasteiger partial charge in [-0.05, 0) is 99.4 Å². The zero-order chi connectivity index (χ0) is 28.3. The van der Waals surface area contributed by atoms with Crippen molar-refractivity contribution in [2.24, 2.45) is 0 Å². The van der Waals surface area contributed by atoms with Gasteiger partial charge in [0.15, 0.2) is 11.5 Å². The zero-order valence-corrected chi connectivity index (χ0v) is 23.3. The molecular weight excluding hydrogens is 508 g/mol. The number of nitrogens with one attached hydrogen (secondary N) is 4. The van der Waals surface area contributed by atoms with Crippen molar-refractivity contribution in [3.8, 4) is 23.0 Å². The second kappa shape index (κ2) is 14.2. The molecule has 9 nitrogen and oxygen atoms in total. The topological polar surface area (TPSA) is 110 Å². The van der Waals surface area contributed by atoms with Crippen LogP contribution in [0.5, 0.6) is 23.0 Å². The van der Waals surface area contributed by atoms with Crippen LogP contribution in [0.3, 0.4) is 0 Å². The summed E-state index contributed by atoms with van der Waals surface area (Å²) in [4.78, 5) is 25.0. The van der Waals surface area contributed by atoms with Gasteiger partial charge < -0.3 is 35.5 Å². The molecule has 40 heavy (non-hydrogen) atoms. The maximum absolute atomic E-state index is 12.7. The molecule has 212 valence electrons. The summed E-state index contributed by atoms with van der Waals surface area (Å²) in [5.74, 6) is 2.11. The van der Waals surface area contributed by atoms with Crippen LogP contribution in [0.25, 0.3) is 0 Å². The van der Waals surface area contributed by atoms with Gasteiger partial charge in [0, 0.05) is 29.0 Å². The summed E-state index contributed by atoms with van der Waals surface area (Å²) in [7, 11) is 1.54. The van der Waals surface area contributed by atoms with Crippen LogP contribution in [0, 0.1) is 0 Å². The number of amides is 3. The Hall–Kier alpha value is -4.24. The minimum Gasteiger partial charge on any atom is -0.493 e. The molecule has 3 aromatic rings. The van der Waals surface area contributed by atoms with Gasteiger partial charge >= 0.3 is 6.03 Å². The molecule has 1 saturated heterocycles. The van der Waals surface area contributed by atoms with Gasteiger partial charge in [0.2, 0.25) is 0 Å². The Morgan fingerprint density at radius 1 is 0.850 bits per heavy atom. The number of ether oxygens (including phenoxy) is 3. The summed E-state index contributed by atoms with van der Waals surface area (Å²) < 4.78 is 17.5. The minimum atomic E-state index is -0.261. The summed E-state index contributed by atoms with van der Waals surface area (Å²) in [6, 6.07) is 19.3. The van der Waals surface area contributed by atoms with Crippen LogP contribution in [0.2, 0.25) is 0 Å². The van der Waals surface area contributed by atoms with Crippen LogP contribution in [-0.4, -0.2) is 44.3 Å². The smallest absolute Gasteiger partial charge is 0.319 e. The Morgan fingerprint density at radius 2 is 1.50 bits per heavy atom. The van der Waals surface area contributed by atoms with E-state index in [1.165, 1.54) is 0 Å². The molecule has 0 spiro atoms. The molecule has 1 aliphatic rings. The largest absolute Gasteiger partial charge is 0.493 e. The number of benzene rings is 3. The van der Waals surface area contributed by atoms with Crippen molar-refractivity contribution in [3.05, 3.63) is 72.3 Å². The number of hydrogen-bond donors (Lipinski definition) is 4. The lowest BCUT2D eigenvalue weighted by atomic mass is 10.1. The van der Waals surface area contributed by atoms with E-state index in [9.17, 15) is 9.59 Å². The maximum atomic E-state index is 12.7. The molecule has 0 atom stereocenters. The van der Waals surface area contributed by atoms with E-state index in [-0.39, 0.29) is 24.1 Å². The fourth-order valence-electron chi connectivity index (χ4n) is 4.40. The lowest BCUT2D eigenvalue weighted by molar-refractivity contribution is 0.102. The first kappa shape index (κ1) is 28.8. The van der Waals surface area contributed by atoms with Crippen LogP contribution in [-0.2, 0) is 0 Å². The highest BCUT2D eigenvalue weighted by molar-refractivity contribution is 6.04. The first-order valence-electron chi connectivity index (χ1n) is 13.8. The second-order valence-corrected chi connectivity index (χ2v) is 9.65. The van der Waals surface area contributed by atoms with Crippen molar-refractivity contribution < 1.29 is 23.8 Å². The molecule has 3 amide bonds. The fourth-order valence-corrected chi connectivity index (χ4v) is 4.40. The third-order valence-corrected chi connectivity index (χ3v) is 6.79. The summed E-state index contributed by atoms with van der Waals surface area (Å²) in [6.45, 7) is 6.00. The highest BCUT2D eigenvalue weighted by Gasteiger charge is 2.15. The number of anilines is 2. The van der Waals surface area contributed by atoms with Gasteiger partial charge in [-0.2, -0.15) is 0 Å². The van der Waals surface area contributed by atoms with E-state index >= 15 is 0 Å². The molecule has 0 aromatic heterocycles. The number of hydrogen-bond acceptors (Lipinski definition) is 6. The van der Waals surface area contributed by atoms with Crippen molar-refractivity contribution in [1.82, 2.24) is 10.6 Å². The molecule has 4 rings (SSSR count). The average Bonchev–Trinajstić information content (AvgIpc) is 2.98. The molecule has 3 aromatic carbocycles. The lowest BCUT2D eigenvalue weighted by Gasteiger charge is -2.23. The van der Waals surface area contributed by atoms with Crippen molar-refractivity contribution in [3.63, 3.8) is 0 Å². The molecule has 1 fully saturated rings. The molecule has 9 heteroatoms. The summed E-state index contributed by atoms with van der Waals surface area (Å²) >= 11 is 0. The number of carbonyl (C=O) groups excluding carboxylic acids is 2. The van der Waals surface area contributed by atoms with Crippen LogP contribution in [0.1, 0.15) is 49.9 Å². The highest BCUT2D eigenvalue weighted by atomic mass is 16.5. The van der Waals surface area contributed by atoms with E-state index in [0.29, 0.717) is 34.2 Å². The molecule has 0 bridgehead atoms. The third kappa shape index (κ3) is 8.13. The van der Waals surface area contributed by atoms with Gasteiger partial charge in [0.05, 0.1) is 7.11 Å². The van der Waals surface area contributed by atoms with E-state index in [2.05, 4.69) is 21.3 Å². The maximum Gasteiger partial charge on any atom is 0.319 e. The van der Waals surface area contributed by atoms with Crippen LogP contribution < -0.4 is 35.5 Å². The van der Waals surface area contributed by atoms with E-state index in [1.807, 2.05) is 26.0 Å². The SMILES string of the molecule is CCC(CC)NC(=O)Nc1ccc(Oc2ccc(NC(=O)c3ccc(OC4CCNCC4)cc3)cc2)c(OC)c1. The van der Waals surface area contributed by atoms with Crippen LogP contribution in [0.15, 0.2) is 66.7 Å². The number of methoxy groups -OCH3 is 1. The molecule has 1 aliphatic heterocycles. The molecular formula is C31H38N4O5. The van der Waals surface area contributed by atoms with Crippen molar-refractivity contribution in [1.29, 1.82) is 0 Å². The minimum absolute atomic E-state index is 0.126. The van der Waals surface area contributed by atoms with Gasteiger partial charge in [-0.1, -0.05) is 13.8 Å². The fraction of sp³-hybridized carbons (Fsp3) is 0.355. The lowest BCUT2D eigenvalue weighted by Crippen LogP contribution is -2.37. The van der Waals surface area contributed by atoms with E-state index < -0.39 is 0 Å². The predicted molar refractivity (Wildman–Crippen MR) is 157 cm³/mol. The third-order valence-electron chi connectivity index (χ3n) is 6.79. The normalized spacial score (nSPS) is 13.4. The zero-order valence-electron chi connectivity index (χ0n) is 23.3. The van der Waals surface area contributed by atoms with E-state index in [4.69, 9.17) is 14.2 Å². The number of urea groups is 1. The van der Waals surface area contributed by atoms with Gasteiger partial charge in [-0.25, -0.2) is 4.79 Å². The highest BCUT2D eigenvalue weighted by Crippen LogP contribution is 2.34. The molecule has 4 N–H and O–H groups in total. The first-order valence-corrected chi connectivity index (χ1v) is 13.8. The van der Waals surface area contributed by atoms with Gasteiger partial charge in [0.1, 0.15) is 17.6 Å². The van der Waals surface area contributed by atoms with Gasteiger partial charge in [-0.15, -0.1) is 0 Å². The van der Waals surface area contributed by atoms with Crippen molar-refractivity contribution in [2.75, 3.05) is 30.8 Å². The number of rotatable bonds is 11. The second-order valence-electron chi connectivity index (χ2n) is 9.65. The first-order chi connectivity index (χ1) is 19.5. The Morgan fingerprint density at radius 3 is 2.15 bits per heavy atom. The van der Waals surface area contributed by atoms with Gasteiger partial charge in [-0.3, -0.25) is 4.79 Å². The Kier molecular flexibility index (Phi) is 10.2. The van der Waals surface area contributed by atoms with E-state index in [0.717, 1.165) is 44.5 Å². The molecule has 1 heterocycles. The monoisotopic (exact) mass is 546 g/mol. The standard InChI is InChI=1S/C31H38N4O5/c1-4-22(5-2)34-31(37)35-24-10-15-28(29(20-24)38-3)40-26-13-8-23(9-14-26)33-30(36)21-6-11-25(12-7-21)39-27-16-18-32-19-17-27/h6-15,20,22,27,32H,4-5,16-19H2,1-3H3,(H,33,36)(H2,34,35,37). The molecule has 0 aliphatic carbocycles. The van der Waals surface area contributed by atoms with Crippen LogP contribution >= 0.6 is 0 Å². The number of piperidine rings is 1. The number of carbonyl (C=O) groups is 2. The van der Waals surface area contributed by atoms with Crippen molar-refractivity contribution >= 4 is 23.3 Å². The Labute approximate surface area is 235 Å². The van der Waals surface area contributed by atoms with E-state index in [1.54, 1.807) is 61.7 Å². The molecule has 0 unspecified atom stereocenters.